The maximum absolute atomic E-state index is 10.7. The molecule has 0 bridgehead atoms. The van der Waals surface area contributed by atoms with Crippen molar-refractivity contribution in [2.24, 2.45) is 0 Å². The van der Waals surface area contributed by atoms with Crippen molar-refractivity contribution >= 4 is 20.2 Å². The largest absolute Gasteiger partial charge is 0.285 e. The first kappa shape index (κ1) is 11.9. The van der Waals surface area contributed by atoms with Gasteiger partial charge in [0.25, 0.3) is 20.2 Å². The molecule has 1 rings (SSSR count). The van der Waals surface area contributed by atoms with Gasteiger partial charge in [0, 0.05) is 0 Å². The van der Waals surface area contributed by atoms with Gasteiger partial charge in [-0.1, -0.05) is 0 Å². The van der Waals surface area contributed by atoms with E-state index < -0.39 is 30.7 Å². The molecule has 0 aliphatic heterocycles. The Kier molecular flexibility index (Phi) is 3.20. The van der Waals surface area contributed by atoms with Crippen molar-refractivity contribution in [1.29, 1.82) is 0 Å². The molecule has 0 unspecified atom stereocenters. The maximum atomic E-state index is 10.7. The number of hydrogen-bond acceptors (Lipinski definition) is 4. The quantitative estimate of drug-likeness (QED) is 0.665. The van der Waals surface area contributed by atoms with Crippen LogP contribution >= 0.6 is 0 Å². The summed E-state index contributed by atoms with van der Waals surface area (Å²) < 4.78 is 60.1. The maximum Gasteiger partial charge on any atom is 0.267 e. The zero-order valence-corrected chi connectivity index (χ0v) is 8.96. The minimum absolute atomic E-state index is 0.0727. The van der Waals surface area contributed by atoms with Crippen LogP contribution in [0.2, 0.25) is 0 Å². The van der Waals surface area contributed by atoms with Gasteiger partial charge in [-0.05, 0) is 25.7 Å². The van der Waals surface area contributed by atoms with E-state index in [-0.39, 0.29) is 25.7 Å². The van der Waals surface area contributed by atoms with Crippen molar-refractivity contribution < 1.29 is 25.9 Å². The van der Waals surface area contributed by atoms with Crippen LogP contribution in [-0.2, 0) is 20.2 Å². The van der Waals surface area contributed by atoms with Gasteiger partial charge in [0.15, 0.2) is 0 Å². The molecule has 8 heteroatoms. The summed E-state index contributed by atoms with van der Waals surface area (Å²) in [4.78, 5) is 0. The van der Waals surface area contributed by atoms with Crippen LogP contribution in [0.15, 0.2) is 0 Å². The molecule has 0 aromatic carbocycles. The standard InChI is InChI=1S/C6H12O6S2/c7-13(8,9)5-1-2-6(4-3-5)14(10,11)12/h5-6H,1-4H2,(H,7,8,9)(H,10,11,12). The Morgan fingerprint density at radius 1 is 0.714 bits per heavy atom. The van der Waals surface area contributed by atoms with Gasteiger partial charge in [-0.25, -0.2) is 0 Å². The molecule has 0 aromatic heterocycles. The number of hydrogen-bond donors (Lipinski definition) is 2. The zero-order valence-electron chi connectivity index (χ0n) is 7.33. The average molecular weight is 244 g/mol. The lowest BCUT2D eigenvalue weighted by atomic mass is 10.00. The molecule has 1 aliphatic rings. The second-order valence-corrected chi connectivity index (χ2v) is 6.82. The first-order chi connectivity index (χ1) is 6.21. The van der Waals surface area contributed by atoms with Gasteiger partial charge in [-0.15, -0.1) is 0 Å². The van der Waals surface area contributed by atoms with Crippen LogP contribution in [0.5, 0.6) is 0 Å². The Morgan fingerprint density at radius 3 is 1.07 bits per heavy atom. The van der Waals surface area contributed by atoms with Gasteiger partial charge in [0.2, 0.25) is 0 Å². The highest BCUT2D eigenvalue weighted by Crippen LogP contribution is 2.27. The Morgan fingerprint density at radius 2 is 0.929 bits per heavy atom. The van der Waals surface area contributed by atoms with Crippen molar-refractivity contribution in [1.82, 2.24) is 0 Å². The molecular formula is C6H12O6S2. The summed E-state index contributed by atoms with van der Waals surface area (Å²) >= 11 is 0. The molecule has 1 fully saturated rings. The summed E-state index contributed by atoms with van der Waals surface area (Å²) in [5.41, 5.74) is 0. The van der Waals surface area contributed by atoms with Gasteiger partial charge in [-0.3, -0.25) is 9.11 Å². The fourth-order valence-corrected chi connectivity index (χ4v) is 3.36. The molecule has 0 amide bonds. The van der Waals surface area contributed by atoms with Crippen molar-refractivity contribution in [2.45, 2.75) is 36.2 Å². The third-order valence-electron chi connectivity index (χ3n) is 2.46. The normalized spacial score (nSPS) is 30.1. The SMILES string of the molecule is O=S(=O)(O)C1CCC(S(=O)(=O)O)CC1. The summed E-state index contributed by atoms with van der Waals surface area (Å²) in [6.45, 7) is 0. The highest BCUT2D eigenvalue weighted by molar-refractivity contribution is 7.87. The van der Waals surface area contributed by atoms with E-state index in [0.29, 0.717) is 0 Å². The molecule has 0 spiro atoms. The van der Waals surface area contributed by atoms with Gasteiger partial charge in [0.05, 0.1) is 10.5 Å². The Balaban J connectivity index is 2.65. The monoisotopic (exact) mass is 244 g/mol. The van der Waals surface area contributed by atoms with E-state index in [4.69, 9.17) is 9.11 Å². The van der Waals surface area contributed by atoms with E-state index in [1.165, 1.54) is 0 Å². The van der Waals surface area contributed by atoms with E-state index in [1.54, 1.807) is 0 Å². The summed E-state index contributed by atoms with van der Waals surface area (Å²) in [7, 11) is -8.14. The highest BCUT2D eigenvalue weighted by Gasteiger charge is 2.34. The lowest BCUT2D eigenvalue weighted by Gasteiger charge is -2.24. The predicted molar refractivity (Wildman–Crippen MR) is 49.1 cm³/mol. The van der Waals surface area contributed by atoms with Crippen LogP contribution in [0, 0.1) is 0 Å². The molecule has 2 N–H and O–H groups in total. The minimum Gasteiger partial charge on any atom is -0.285 e. The smallest absolute Gasteiger partial charge is 0.267 e. The molecule has 0 atom stereocenters. The van der Waals surface area contributed by atoms with Crippen molar-refractivity contribution in [3.8, 4) is 0 Å². The van der Waals surface area contributed by atoms with Crippen LogP contribution in [0.1, 0.15) is 25.7 Å². The van der Waals surface area contributed by atoms with Crippen LogP contribution < -0.4 is 0 Å². The summed E-state index contributed by atoms with van der Waals surface area (Å²) in [5.74, 6) is 0. The predicted octanol–water partition coefficient (Wildman–Crippen LogP) is 0.0732. The molecule has 6 nitrogen and oxygen atoms in total. The Labute approximate surface area is 82.8 Å². The number of rotatable bonds is 2. The van der Waals surface area contributed by atoms with Gasteiger partial charge in [0.1, 0.15) is 0 Å². The first-order valence-electron chi connectivity index (χ1n) is 4.14. The Hall–Kier alpha value is -0.180. The molecule has 0 heterocycles. The highest BCUT2D eigenvalue weighted by atomic mass is 32.2. The lowest BCUT2D eigenvalue weighted by Crippen LogP contribution is -2.32. The molecule has 0 saturated heterocycles. The summed E-state index contributed by atoms with van der Waals surface area (Å²) in [6, 6.07) is 0. The zero-order chi connectivity index (χ0) is 11.0. The van der Waals surface area contributed by atoms with E-state index >= 15 is 0 Å². The molecule has 0 radical (unpaired) electrons. The van der Waals surface area contributed by atoms with Crippen LogP contribution in [-0.4, -0.2) is 36.4 Å². The van der Waals surface area contributed by atoms with E-state index in [9.17, 15) is 16.8 Å². The van der Waals surface area contributed by atoms with Crippen molar-refractivity contribution in [3.63, 3.8) is 0 Å². The van der Waals surface area contributed by atoms with Crippen molar-refractivity contribution in [3.05, 3.63) is 0 Å². The fourth-order valence-electron chi connectivity index (χ4n) is 1.63. The van der Waals surface area contributed by atoms with E-state index in [2.05, 4.69) is 0 Å². The van der Waals surface area contributed by atoms with Gasteiger partial charge in [-0.2, -0.15) is 16.8 Å². The second-order valence-electron chi connectivity index (χ2n) is 3.43. The second kappa shape index (κ2) is 3.76. The molecule has 0 aromatic rings. The topological polar surface area (TPSA) is 109 Å². The van der Waals surface area contributed by atoms with Gasteiger partial charge >= 0.3 is 0 Å². The molecule has 1 aliphatic carbocycles. The van der Waals surface area contributed by atoms with Crippen LogP contribution in [0.4, 0.5) is 0 Å². The first-order valence-corrected chi connectivity index (χ1v) is 7.14. The van der Waals surface area contributed by atoms with Crippen molar-refractivity contribution in [2.75, 3.05) is 0 Å². The van der Waals surface area contributed by atoms with Crippen LogP contribution in [0.25, 0.3) is 0 Å². The van der Waals surface area contributed by atoms with Crippen LogP contribution in [0.3, 0.4) is 0 Å². The van der Waals surface area contributed by atoms with E-state index in [1.807, 2.05) is 0 Å². The average Bonchev–Trinajstić information content (AvgIpc) is 2.01. The third kappa shape index (κ3) is 2.91. The molecule has 84 valence electrons. The molecule has 14 heavy (non-hydrogen) atoms. The third-order valence-corrected chi connectivity index (χ3v) is 5.09. The molecular weight excluding hydrogens is 232 g/mol. The fraction of sp³-hybridized carbons (Fsp3) is 1.00. The lowest BCUT2D eigenvalue weighted by molar-refractivity contribution is 0.402. The van der Waals surface area contributed by atoms with E-state index in [0.717, 1.165) is 0 Å². The summed E-state index contributed by atoms with van der Waals surface area (Å²) in [5, 5.41) is -1.78. The summed E-state index contributed by atoms with van der Waals surface area (Å²) in [6.07, 6.45) is 0.291. The Bertz CT molecular complexity index is 346. The minimum atomic E-state index is -4.07. The molecule has 1 saturated carbocycles. The van der Waals surface area contributed by atoms with Gasteiger partial charge < -0.3 is 0 Å².